The highest BCUT2D eigenvalue weighted by Gasteiger charge is 2.06. The number of hydrogen-bond acceptors (Lipinski definition) is 5. The zero-order chi connectivity index (χ0) is 9.10. The van der Waals surface area contributed by atoms with Gasteiger partial charge in [0.2, 0.25) is 0 Å². The van der Waals surface area contributed by atoms with E-state index in [1.807, 2.05) is 18.5 Å². The second-order valence-electron chi connectivity index (χ2n) is 2.59. The molecule has 0 aliphatic carbocycles. The van der Waals surface area contributed by atoms with Crippen LogP contribution in [0.25, 0.3) is 11.5 Å². The average molecular weight is 195 g/mol. The lowest BCUT2D eigenvalue weighted by molar-refractivity contribution is 0.420. The molecule has 0 unspecified atom stereocenters. The van der Waals surface area contributed by atoms with E-state index < -0.39 is 0 Å². The maximum atomic E-state index is 5.12. The Kier molecular flexibility index (Phi) is 2.37. The van der Waals surface area contributed by atoms with Gasteiger partial charge in [-0.1, -0.05) is 5.16 Å². The predicted molar refractivity (Wildman–Crippen MR) is 50.4 cm³/mol. The molecule has 0 aliphatic rings. The zero-order valence-electron chi connectivity index (χ0n) is 7.15. The number of aromatic nitrogens is 2. The minimum Gasteiger partial charge on any atom is -0.354 e. The van der Waals surface area contributed by atoms with Crippen molar-refractivity contribution < 1.29 is 4.52 Å². The Morgan fingerprint density at radius 2 is 2.54 bits per heavy atom. The molecule has 0 saturated carbocycles. The van der Waals surface area contributed by atoms with Crippen molar-refractivity contribution in [3.8, 4) is 11.5 Å². The first-order valence-electron chi connectivity index (χ1n) is 3.89. The summed E-state index contributed by atoms with van der Waals surface area (Å²) < 4.78 is 5.12. The van der Waals surface area contributed by atoms with Crippen LogP contribution in [-0.2, 0) is 6.54 Å². The largest absolute Gasteiger partial charge is 0.354 e. The van der Waals surface area contributed by atoms with Crippen LogP contribution < -0.4 is 5.32 Å². The molecule has 0 bridgehead atoms. The molecule has 0 aliphatic heterocycles. The number of nitrogens with zero attached hydrogens (tertiary/aromatic N) is 2. The molecule has 0 saturated heterocycles. The Morgan fingerprint density at radius 3 is 3.23 bits per heavy atom. The van der Waals surface area contributed by atoms with E-state index in [0.29, 0.717) is 6.54 Å². The standard InChI is InChI=1S/C8H9N3OS/c1-9-3-6-2-8(12-11-6)7-4-13-5-10-7/h2,4-5,9H,3H2,1H3. The molecule has 1 N–H and O–H groups in total. The molecule has 68 valence electrons. The lowest BCUT2D eigenvalue weighted by Crippen LogP contribution is -2.04. The third kappa shape index (κ3) is 1.76. The molecule has 5 heteroatoms. The second kappa shape index (κ2) is 3.68. The number of rotatable bonds is 3. The lowest BCUT2D eigenvalue weighted by Gasteiger charge is -1.87. The number of thiazole rings is 1. The molecular weight excluding hydrogens is 186 g/mol. The van der Waals surface area contributed by atoms with Gasteiger partial charge >= 0.3 is 0 Å². The van der Waals surface area contributed by atoms with Gasteiger partial charge in [-0.25, -0.2) is 4.98 Å². The van der Waals surface area contributed by atoms with Crippen LogP contribution in [0.5, 0.6) is 0 Å². The molecule has 13 heavy (non-hydrogen) atoms. The fraction of sp³-hybridized carbons (Fsp3) is 0.250. The maximum absolute atomic E-state index is 5.12. The Hall–Kier alpha value is -1.20. The van der Waals surface area contributed by atoms with Crippen molar-refractivity contribution in [1.82, 2.24) is 15.5 Å². The first kappa shape index (κ1) is 8.40. The minimum atomic E-state index is 0.716. The number of nitrogens with one attached hydrogen (secondary N) is 1. The normalized spacial score (nSPS) is 10.5. The summed E-state index contributed by atoms with van der Waals surface area (Å²) in [7, 11) is 1.87. The zero-order valence-corrected chi connectivity index (χ0v) is 7.97. The fourth-order valence-corrected chi connectivity index (χ4v) is 1.57. The molecule has 0 fully saturated rings. The monoisotopic (exact) mass is 195 g/mol. The SMILES string of the molecule is CNCc1cc(-c2cscn2)on1. The summed E-state index contributed by atoms with van der Waals surface area (Å²) in [4.78, 5) is 4.12. The van der Waals surface area contributed by atoms with Gasteiger partial charge in [0.1, 0.15) is 5.69 Å². The first-order chi connectivity index (χ1) is 6.40. The van der Waals surface area contributed by atoms with Crippen LogP contribution in [0.2, 0.25) is 0 Å². The summed E-state index contributed by atoms with van der Waals surface area (Å²) in [5.41, 5.74) is 3.51. The molecule has 0 spiro atoms. The lowest BCUT2D eigenvalue weighted by atomic mass is 10.3. The molecular formula is C8H9N3OS. The second-order valence-corrected chi connectivity index (χ2v) is 3.31. The van der Waals surface area contributed by atoms with Gasteiger partial charge in [0.25, 0.3) is 0 Å². The van der Waals surface area contributed by atoms with E-state index in [0.717, 1.165) is 17.1 Å². The van der Waals surface area contributed by atoms with Gasteiger partial charge in [-0.05, 0) is 7.05 Å². The van der Waals surface area contributed by atoms with E-state index in [9.17, 15) is 0 Å². The molecule has 2 rings (SSSR count). The first-order valence-corrected chi connectivity index (χ1v) is 4.83. The van der Waals surface area contributed by atoms with Crippen LogP contribution in [0.3, 0.4) is 0 Å². The summed E-state index contributed by atoms with van der Waals surface area (Å²) in [6.45, 7) is 0.716. The smallest absolute Gasteiger partial charge is 0.186 e. The summed E-state index contributed by atoms with van der Waals surface area (Å²) in [6, 6.07) is 1.89. The maximum Gasteiger partial charge on any atom is 0.186 e. The van der Waals surface area contributed by atoms with Crippen molar-refractivity contribution in [3.05, 3.63) is 22.7 Å². The molecule has 0 atom stereocenters. The minimum absolute atomic E-state index is 0.716. The van der Waals surface area contributed by atoms with Gasteiger partial charge in [-0.15, -0.1) is 11.3 Å². The van der Waals surface area contributed by atoms with Crippen LogP contribution in [0, 0.1) is 0 Å². The van der Waals surface area contributed by atoms with Crippen molar-refractivity contribution in [1.29, 1.82) is 0 Å². The summed E-state index contributed by atoms with van der Waals surface area (Å²) in [5, 5.41) is 8.83. The van der Waals surface area contributed by atoms with E-state index in [1.165, 1.54) is 0 Å². The summed E-state index contributed by atoms with van der Waals surface area (Å²) >= 11 is 1.54. The van der Waals surface area contributed by atoms with Crippen LogP contribution in [-0.4, -0.2) is 17.2 Å². The molecule has 0 aromatic carbocycles. The molecule has 2 heterocycles. The van der Waals surface area contributed by atoms with Crippen LogP contribution in [0.4, 0.5) is 0 Å². The van der Waals surface area contributed by atoms with Gasteiger partial charge in [-0.3, -0.25) is 0 Å². The molecule has 4 nitrogen and oxygen atoms in total. The van der Waals surface area contributed by atoms with Crippen LogP contribution in [0.15, 0.2) is 21.5 Å². The van der Waals surface area contributed by atoms with Gasteiger partial charge in [-0.2, -0.15) is 0 Å². The fourth-order valence-electron chi connectivity index (χ4n) is 1.03. The van der Waals surface area contributed by atoms with Crippen LogP contribution in [0.1, 0.15) is 5.69 Å². The molecule has 2 aromatic rings. The number of hydrogen-bond donors (Lipinski definition) is 1. The Bertz CT molecular complexity index is 368. The van der Waals surface area contributed by atoms with Gasteiger partial charge < -0.3 is 9.84 Å². The van der Waals surface area contributed by atoms with E-state index in [-0.39, 0.29) is 0 Å². The van der Waals surface area contributed by atoms with E-state index in [4.69, 9.17) is 4.52 Å². The van der Waals surface area contributed by atoms with E-state index in [1.54, 1.807) is 16.8 Å². The summed E-state index contributed by atoms with van der Waals surface area (Å²) in [5.74, 6) is 0.728. The Labute approximate surface area is 79.6 Å². The van der Waals surface area contributed by atoms with Crippen molar-refractivity contribution in [2.24, 2.45) is 0 Å². The van der Waals surface area contributed by atoms with E-state index >= 15 is 0 Å². The van der Waals surface area contributed by atoms with Crippen molar-refractivity contribution >= 4 is 11.3 Å². The van der Waals surface area contributed by atoms with Crippen molar-refractivity contribution in [3.63, 3.8) is 0 Å². The predicted octanol–water partition coefficient (Wildman–Crippen LogP) is 1.52. The van der Waals surface area contributed by atoms with Crippen LogP contribution >= 0.6 is 11.3 Å². The molecule has 2 aromatic heterocycles. The topological polar surface area (TPSA) is 51.0 Å². The van der Waals surface area contributed by atoms with Gasteiger partial charge in [0, 0.05) is 18.0 Å². The Morgan fingerprint density at radius 1 is 1.62 bits per heavy atom. The average Bonchev–Trinajstić information content (AvgIpc) is 2.70. The highest BCUT2D eigenvalue weighted by Crippen LogP contribution is 2.19. The van der Waals surface area contributed by atoms with Crippen molar-refractivity contribution in [2.75, 3.05) is 7.05 Å². The highest BCUT2D eigenvalue weighted by molar-refractivity contribution is 7.07. The summed E-state index contributed by atoms with van der Waals surface area (Å²) in [6.07, 6.45) is 0. The van der Waals surface area contributed by atoms with E-state index in [2.05, 4.69) is 15.5 Å². The molecule has 0 radical (unpaired) electrons. The Balaban J connectivity index is 2.23. The third-order valence-corrected chi connectivity index (χ3v) is 2.19. The quantitative estimate of drug-likeness (QED) is 0.806. The van der Waals surface area contributed by atoms with Gasteiger partial charge in [0.05, 0.1) is 11.2 Å². The van der Waals surface area contributed by atoms with Crippen molar-refractivity contribution in [2.45, 2.75) is 6.54 Å². The molecule has 0 amide bonds. The van der Waals surface area contributed by atoms with Gasteiger partial charge in [0.15, 0.2) is 5.76 Å². The third-order valence-electron chi connectivity index (χ3n) is 1.60. The highest BCUT2D eigenvalue weighted by atomic mass is 32.1.